The molecule has 0 amide bonds. The third-order valence-electron chi connectivity index (χ3n) is 5.40. The van der Waals surface area contributed by atoms with Gasteiger partial charge in [0.05, 0.1) is 5.52 Å². The van der Waals surface area contributed by atoms with Gasteiger partial charge in [0.2, 0.25) is 0 Å². The molecule has 2 heterocycles. The zero-order valence-corrected chi connectivity index (χ0v) is 12.6. The average Bonchev–Trinajstić information content (AvgIpc) is 2.96. The lowest BCUT2D eigenvalue weighted by molar-refractivity contribution is 0.345. The fourth-order valence-electron chi connectivity index (χ4n) is 4.44. The normalized spacial score (nSPS) is 23.5. The Labute approximate surface area is 130 Å². The van der Waals surface area contributed by atoms with Gasteiger partial charge in [0, 0.05) is 29.2 Å². The summed E-state index contributed by atoms with van der Waals surface area (Å²) in [6.07, 6.45) is 6.15. The molecule has 2 nitrogen and oxygen atoms in total. The molecule has 1 fully saturated rings. The van der Waals surface area contributed by atoms with Gasteiger partial charge in [0.15, 0.2) is 0 Å². The fraction of sp³-hybridized carbons (Fsp3) is 0.300. The summed E-state index contributed by atoms with van der Waals surface area (Å²) in [5, 5.41) is 5.26. The minimum absolute atomic E-state index is 0.624. The molecule has 2 aromatic carbocycles. The lowest BCUT2D eigenvalue weighted by Gasteiger charge is -2.36. The summed E-state index contributed by atoms with van der Waals surface area (Å²) < 4.78 is 2.37. The zero-order chi connectivity index (χ0) is 14.5. The lowest BCUT2D eigenvalue weighted by atomic mass is 9.76. The molecule has 1 aliphatic carbocycles. The van der Waals surface area contributed by atoms with Crippen LogP contribution in [0.2, 0.25) is 0 Å². The van der Waals surface area contributed by atoms with E-state index in [0.29, 0.717) is 12.0 Å². The molecule has 0 saturated carbocycles. The van der Waals surface area contributed by atoms with E-state index in [9.17, 15) is 0 Å². The number of piperidine rings is 1. The van der Waals surface area contributed by atoms with E-state index in [2.05, 4.69) is 64.6 Å². The third kappa shape index (κ3) is 1.71. The first kappa shape index (κ1) is 12.5. The van der Waals surface area contributed by atoms with Crippen molar-refractivity contribution < 1.29 is 0 Å². The van der Waals surface area contributed by atoms with E-state index in [1.165, 1.54) is 41.5 Å². The molecule has 110 valence electrons. The van der Waals surface area contributed by atoms with Gasteiger partial charge in [-0.05, 0) is 55.1 Å². The van der Waals surface area contributed by atoms with Crippen molar-refractivity contribution in [3.63, 3.8) is 0 Å². The van der Waals surface area contributed by atoms with Crippen LogP contribution in [0.4, 0.5) is 0 Å². The van der Waals surface area contributed by atoms with Gasteiger partial charge < -0.3 is 9.88 Å². The minimum atomic E-state index is 0.624. The van der Waals surface area contributed by atoms with Crippen LogP contribution in [0.15, 0.2) is 54.7 Å². The SMILES string of the molecule is c1ccc(-n2cc3c4c(cccc42)[C@H]2CCCN[C@@H]2C3)cc1. The predicted octanol–water partition coefficient (Wildman–Crippen LogP) is 4.02. The number of aromatic nitrogens is 1. The zero-order valence-electron chi connectivity index (χ0n) is 12.6. The molecule has 0 spiro atoms. The highest BCUT2D eigenvalue weighted by molar-refractivity contribution is 5.90. The lowest BCUT2D eigenvalue weighted by Crippen LogP contribution is -2.43. The van der Waals surface area contributed by atoms with Crippen LogP contribution in [-0.2, 0) is 6.42 Å². The van der Waals surface area contributed by atoms with E-state index in [1.54, 1.807) is 5.56 Å². The van der Waals surface area contributed by atoms with Crippen molar-refractivity contribution in [1.29, 1.82) is 0 Å². The molecule has 1 aromatic heterocycles. The summed E-state index contributed by atoms with van der Waals surface area (Å²) in [5.41, 5.74) is 5.69. The molecule has 5 rings (SSSR count). The predicted molar refractivity (Wildman–Crippen MR) is 90.7 cm³/mol. The largest absolute Gasteiger partial charge is 0.316 e. The molecule has 3 aromatic rings. The van der Waals surface area contributed by atoms with Crippen molar-refractivity contribution in [1.82, 2.24) is 9.88 Å². The molecular formula is C20H20N2. The van der Waals surface area contributed by atoms with Crippen molar-refractivity contribution in [2.45, 2.75) is 31.2 Å². The number of benzene rings is 2. The van der Waals surface area contributed by atoms with Crippen molar-refractivity contribution >= 4 is 10.9 Å². The molecule has 2 heteroatoms. The molecule has 0 unspecified atom stereocenters. The van der Waals surface area contributed by atoms with Crippen LogP contribution in [-0.4, -0.2) is 17.2 Å². The quantitative estimate of drug-likeness (QED) is 0.715. The molecule has 1 aliphatic heterocycles. The topological polar surface area (TPSA) is 17.0 Å². The number of nitrogens with zero attached hydrogens (tertiary/aromatic N) is 1. The number of hydrogen-bond acceptors (Lipinski definition) is 1. The van der Waals surface area contributed by atoms with Gasteiger partial charge >= 0.3 is 0 Å². The van der Waals surface area contributed by atoms with Gasteiger partial charge in [-0.2, -0.15) is 0 Å². The molecular weight excluding hydrogens is 268 g/mol. The maximum atomic E-state index is 3.74. The van der Waals surface area contributed by atoms with Crippen LogP contribution in [0.5, 0.6) is 0 Å². The number of nitrogens with one attached hydrogen (secondary N) is 1. The van der Waals surface area contributed by atoms with Crippen LogP contribution in [0.1, 0.15) is 29.9 Å². The van der Waals surface area contributed by atoms with Crippen molar-refractivity contribution in [3.8, 4) is 5.69 Å². The van der Waals surface area contributed by atoms with Crippen LogP contribution in [0, 0.1) is 0 Å². The first-order valence-electron chi connectivity index (χ1n) is 8.33. The maximum Gasteiger partial charge on any atom is 0.0534 e. The smallest absolute Gasteiger partial charge is 0.0534 e. The van der Waals surface area contributed by atoms with Crippen LogP contribution >= 0.6 is 0 Å². The van der Waals surface area contributed by atoms with Crippen LogP contribution < -0.4 is 5.32 Å². The summed E-state index contributed by atoms with van der Waals surface area (Å²) in [5.74, 6) is 0.691. The Kier molecular flexibility index (Phi) is 2.68. The highest BCUT2D eigenvalue weighted by Gasteiger charge is 2.33. The number of fused-ring (bicyclic) bond motifs is 2. The molecule has 0 bridgehead atoms. The van der Waals surface area contributed by atoms with Gasteiger partial charge in [0.25, 0.3) is 0 Å². The molecule has 1 N–H and O–H groups in total. The van der Waals surface area contributed by atoms with Crippen molar-refractivity contribution in [2.75, 3.05) is 6.54 Å². The summed E-state index contributed by atoms with van der Waals surface area (Å²) in [7, 11) is 0. The average molecular weight is 288 g/mol. The van der Waals surface area contributed by atoms with E-state index in [1.807, 2.05) is 0 Å². The highest BCUT2D eigenvalue weighted by Crippen LogP contribution is 2.41. The first-order chi connectivity index (χ1) is 10.9. The fourth-order valence-corrected chi connectivity index (χ4v) is 4.44. The van der Waals surface area contributed by atoms with E-state index < -0.39 is 0 Å². The second kappa shape index (κ2) is 4.72. The Balaban J connectivity index is 1.76. The summed E-state index contributed by atoms with van der Waals surface area (Å²) in [4.78, 5) is 0. The van der Waals surface area contributed by atoms with Crippen LogP contribution in [0.25, 0.3) is 16.6 Å². The molecule has 0 radical (unpaired) electrons. The number of para-hydroxylation sites is 1. The summed E-state index contributed by atoms with van der Waals surface area (Å²) >= 11 is 0. The van der Waals surface area contributed by atoms with Gasteiger partial charge in [0.1, 0.15) is 0 Å². The van der Waals surface area contributed by atoms with E-state index in [0.717, 1.165) is 6.42 Å². The van der Waals surface area contributed by atoms with Gasteiger partial charge in [-0.15, -0.1) is 0 Å². The molecule has 22 heavy (non-hydrogen) atoms. The standard InChI is InChI=1S/C20H20N2/c1-2-6-15(7-3-1)22-13-14-12-18-16(9-5-11-21-18)17-8-4-10-19(22)20(14)17/h1-4,6-8,10,13,16,18,21H,5,9,11-12H2/t16-,18-/m1/s1. The van der Waals surface area contributed by atoms with E-state index in [4.69, 9.17) is 0 Å². The summed E-state index contributed by atoms with van der Waals surface area (Å²) in [6, 6.07) is 18.2. The number of rotatable bonds is 1. The third-order valence-corrected chi connectivity index (χ3v) is 5.40. The highest BCUT2D eigenvalue weighted by atomic mass is 15.0. The Morgan fingerprint density at radius 1 is 1.00 bits per heavy atom. The van der Waals surface area contributed by atoms with Crippen LogP contribution in [0.3, 0.4) is 0 Å². The molecule has 2 atom stereocenters. The van der Waals surface area contributed by atoms with Gasteiger partial charge in [-0.3, -0.25) is 0 Å². The number of hydrogen-bond donors (Lipinski definition) is 1. The molecule has 2 aliphatic rings. The van der Waals surface area contributed by atoms with E-state index >= 15 is 0 Å². The first-order valence-corrected chi connectivity index (χ1v) is 8.33. The second-order valence-corrected chi connectivity index (χ2v) is 6.61. The second-order valence-electron chi connectivity index (χ2n) is 6.61. The Bertz CT molecular complexity index is 832. The minimum Gasteiger partial charge on any atom is -0.316 e. The Hall–Kier alpha value is -2.06. The maximum absolute atomic E-state index is 3.74. The van der Waals surface area contributed by atoms with Gasteiger partial charge in [-0.1, -0.05) is 30.3 Å². The van der Waals surface area contributed by atoms with E-state index in [-0.39, 0.29) is 0 Å². The Morgan fingerprint density at radius 3 is 2.82 bits per heavy atom. The van der Waals surface area contributed by atoms with Gasteiger partial charge in [-0.25, -0.2) is 0 Å². The van der Waals surface area contributed by atoms with Crippen molar-refractivity contribution in [3.05, 3.63) is 65.9 Å². The van der Waals surface area contributed by atoms with Crippen molar-refractivity contribution in [2.24, 2.45) is 0 Å². The Morgan fingerprint density at radius 2 is 1.91 bits per heavy atom. The monoisotopic (exact) mass is 288 g/mol. The molecule has 1 saturated heterocycles. The summed E-state index contributed by atoms with van der Waals surface area (Å²) in [6.45, 7) is 1.17.